The van der Waals surface area contributed by atoms with Crippen molar-refractivity contribution in [2.75, 3.05) is 0 Å². The summed E-state index contributed by atoms with van der Waals surface area (Å²) in [4.78, 5) is 45.4. The van der Waals surface area contributed by atoms with E-state index in [4.69, 9.17) is 15.0 Å². The maximum atomic E-state index is 4.98. The van der Waals surface area contributed by atoms with E-state index in [9.17, 15) is 0 Å². The fraction of sp³-hybridized carbons (Fsp3) is 0.0758. The molecular weight excluding hydrogens is 1730 g/mol. The highest BCUT2D eigenvalue weighted by Crippen LogP contribution is 2.37. The highest BCUT2D eigenvalue weighted by Gasteiger charge is 2.18. The van der Waals surface area contributed by atoms with Crippen molar-refractivity contribution in [1.82, 2.24) is 49.8 Å². The summed E-state index contributed by atoms with van der Waals surface area (Å²) in [7, 11) is 0. The Labute approximate surface area is 834 Å². The highest BCUT2D eigenvalue weighted by atomic mass is 15.0. The van der Waals surface area contributed by atoms with Crippen LogP contribution in [0.3, 0.4) is 0 Å². The first-order valence-electron chi connectivity index (χ1n) is 49.0. The topological polar surface area (TPSA) is 129 Å². The largest absolute Gasteiger partial charge is 0.256 e. The Hall–Kier alpha value is -17.9. The number of benzene rings is 20. The van der Waals surface area contributed by atoms with Gasteiger partial charge in [-0.3, -0.25) is 15.0 Å². The molecule has 0 radical (unpaired) electrons. The van der Waals surface area contributed by atoms with Crippen LogP contribution in [-0.4, -0.2) is 49.8 Å². The number of aromatic nitrogens is 10. The molecule has 142 heavy (non-hydrogen) atoms. The van der Waals surface area contributed by atoms with Gasteiger partial charge in [-0.15, -0.1) is 0 Å². The van der Waals surface area contributed by atoms with Crippen molar-refractivity contribution in [1.29, 1.82) is 0 Å². The van der Waals surface area contributed by atoms with Crippen molar-refractivity contribution in [2.24, 2.45) is 0 Å². The maximum Gasteiger partial charge on any atom is 0.164 e. The molecule has 0 amide bonds. The van der Waals surface area contributed by atoms with Gasteiger partial charge in [-0.05, 0) is 112 Å². The van der Waals surface area contributed by atoms with Gasteiger partial charge in [0.05, 0.1) is 39.0 Å². The third-order valence-electron chi connectivity index (χ3n) is 23.0. The van der Waals surface area contributed by atoms with Crippen LogP contribution in [0.15, 0.2) is 523 Å². The number of rotatable bonds is 9. The molecular formula is C132H116N10. The highest BCUT2D eigenvalue weighted by molar-refractivity contribution is 6.05. The second-order valence-corrected chi connectivity index (χ2v) is 31.2. The van der Waals surface area contributed by atoms with Crippen molar-refractivity contribution < 1.29 is 0 Å². The number of fused-ring (bicyclic) bond motifs is 9. The van der Waals surface area contributed by atoms with E-state index in [0.29, 0.717) is 17.5 Å². The van der Waals surface area contributed by atoms with Crippen LogP contribution in [-0.2, 0) is 0 Å². The zero-order valence-corrected chi connectivity index (χ0v) is 82.1. The van der Waals surface area contributed by atoms with E-state index in [1.54, 1.807) is 25.0 Å². The van der Waals surface area contributed by atoms with Gasteiger partial charge < -0.3 is 0 Å². The Kier molecular flexibility index (Phi) is 37.4. The van der Waals surface area contributed by atoms with E-state index in [1.807, 2.05) is 203 Å². The van der Waals surface area contributed by atoms with E-state index >= 15 is 0 Å². The zero-order valence-electron chi connectivity index (χ0n) is 82.1. The molecule has 0 N–H and O–H groups in total. The molecule has 5 aromatic heterocycles. The molecule has 25 rings (SSSR count). The standard InChI is InChI=1S/C29H19N3.C18H12N2.2C16H12.C15H11N.2C14H10N2.5C2H6/c1-2-12-22(13-3-1)27-30-28(25-18-8-14-20-10-4-6-16-23(20)25)32-29(31-27)26-19-9-15-21-11-5-7-17-24(21)26;1-2-8-14-13(6-1)7-5-10-15(14)18-16-9-3-4-11-17(16)19-12-20-18;2*1-2-7-13(8-3-1)16-12-6-10-14-9-4-5-11-15(14)16;1-2-6-12(7-3-1)14-10-4-8-13-9-5-11-16-15(13)14;1-2-6-11(7-3-1)14-12-8-4-5-9-13(12)15-10-16-14;1-2-5-11(6-3-1)12-7-4-8-13-14(12)16-10-9-15-13;5*1-2/h1-19H;1-12H;2*1-12H;1-11H;2*1-10H;5*1-2H3. The van der Waals surface area contributed by atoms with E-state index < -0.39 is 0 Å². The maximum absolute atomic E-state index is 4.98. The lowest BCUT2D eigenvalue weighted by Gasteiger charge is -2.11. The van der Waals surface area contributed by atoms with Crippen LogP contribution in [0, 0.1) is 0 Å². The molecule has 0 fully saturated rings. The lowest BCUT2D eigenvalue weighted by molar-refractivity contribution is 1.08. The smallest absolute Gasteiger partial charge is 0.164 e. The monoisotopic (exact) mass is 1840 g/mol. The molecule has 0 saturated carbocycles. The summed E-state index contributed by atoms with van der Waals surface area (Å²) >= 11 is 0. The fourth-order valence-corrected chi connectivity index (χ4v) is 16.6. The van der Waals surface area contributed by atoms with Crippen LogP contribution in [0.4, 0.5) is 0 Å². The van der Waals surface area contributed by atoms with Crippen molar-refractivity contribution >= 4 is 97.6 Å². The molecule has 0 aliphatic rings. The molecule has 0 aliphatic carbocycles. The number of hydrogen-bond acceptors (Lipinski definition) is 10. The minimum atomic E-state index is 0.673. The first-order valence-corrected chi connectivity index (χ1v) is 49.0. The quantitative estimate of drug-likeness (QED) is 0.138. The molecule has 0 unspecified atom stereocenters. The van der Waals surface area contributed by atoms with Crippen molar-refractivity contribution in [2.45, 2.75) is 69.2 Å². The molecule has 0 aliphatic heterocycles. The lowest BCUT2D eigenvalue weighted by atomic mass is 9.98. The second-order valence-electron chi connectivity index (χ2n) is 31.2. The average Bonchev–Trinajstić information content (AvgIpc) is 0.772. The molecule has 25 aromatic rings. The normalized spacial score (nSPS) is 10.2. The van der Waals surface area contributed by atoms with E-state index in [0.717, 1.165) is 93.9 Å². The summed E-state index contributed by atoms with van der Waals surface area (Å²) in [5, 5.41) is 15.6. The molecule has 0 bridgehead atoms. The van der Waals surface area contributed by atoms with Crippen LogP contribution in [0.25, 0.3) is 199 Å². The second kappa shape index (κ2) is 53.0. The molecule has 10 nitrogen and oxygen atoms in total. The SMILES string of the molecule is CC.CC.CC.CC.CC.c1ccc(-c2cccc3ccccc23)cc1.c1ccc(-c2cccc3ccccc23)cc1.c1ccc(-c2cccc3cccnc23)cc1.c1ccc(-c2cccc3nccnc23)cc1.c1ccc(-c2nc(-c3cccc4ccccc34)nc(-c3cccc4ccccc34)n2)cc1.c1ccc(-c2ncnc3ccccc23)cc1.c1ccc2c(-c3ncnc4ccccc34)cccc2c1. The van der Waals surface area contributed by atoms with Crippen LogP contribution in [0.1, 0.15) is 69.2 Å². The van der Waals surface area contributed by atoms with Gasteiger partial charge >= 0.3 is 0 Å². The molecule has 0 spiro atoms. The Balaban J connectivity index is 0.000000132. The van der Waals surface area contributed by atoms with Crippen LogP contribution in [0.2, 0.25) is 0 Å². The predicted molar refractivity (Wildman–Crippen MR) is 606 cm³/mol. The van der Waals surface area contributed by atoms with Gasteiger partial charge in [0, 0.05) is 73.7 Å². The summed E-state index contributed by atoms with van der Waals surface area (Å²) < 4.78 is 0. The van der Waals surface area contributed by atoms with E-state index in [-0.39, 0.29) is 0 Å². The van der Waals surface area contributed by atoms with Gasteiger partial charge in [-0.2, -0.15) is 0 Å². The van der Waals surface area contributed by atoms with E-state index in [2.05, 4.69) is 399 Å². The predicted octanol–water partition coefficient (Wildman–Crippen LogP) is 36.3. The Morgan fingerprint density at radius 3 is 0.803 bits per heavy atom. The van der Waals surface area contributed by atoms with Crippen LogP contribution >= 0.6 is 0 Å². The average molecular weight is 1840 g/mol. The van der Waals surface area contributed by atoms with Gasteiger partial charge in [-0.25, -0.2) is 34.9 Å². The molecule has 5 heterocycles. The Bertz CT molecular complexity index is 7330. The molecule has 20 aromatic carbocycles. The van der Waals surface area contributed by atoms with Crippen molar-refractivity contribution in [3.8, 4) is 101 Å². The summed E-state index contributed by atoms with van der Waals surface area (Å²) in [5.41, 5.74) is 22.0. The minimum absolute atomic E-state index is 0.673. The fourth-order valence-electron chi connectivity index (χ4n) is 16.6. The van der Waals surface area contributed by atoms with Crippen LogP contribution < -0.4 is 0 Å². The first-order chi connectivity index (χ1) is 70.5. The molecule has 0 saturated heterocycles. The number of nitrogens with zero attached hydrogens (tertiary/aromatic N) is 10. The third-order valence-corrected chi connectivity index (χ3v) is 23.0. The summed E-state index contributed by atoms with van der Waals surface area (Å²) in [6, 6.07) is 168. The minimum Gasteiger partial charge on any atom is -0.256 e. The number of para-hydroxylation sites is 4. The Morgan fingerprint density at radius 2 is 0.387 bits per heavy atom. The van der Waals surface area contributed by atoms with Gasteiger partial charge in [0.2, 0.25) is 0 Å². The van der Waals surface area contributed by atoms with Crippen LogP contribution in [0.5, 0.6) is 0 Å². The number of hydrogen-bond donors (Lipinski definition) is 0. The molecule has 0 atom stereocenters. The zero-order chi connectivity index (χ0) is 98.7. The van der Waals surface area contributed by atoms with Crippen molar-refractivity contribution in [3.05, 3.63) is 523 Å². The van der Waals surface area contributed by atoms with Gasteiger partial charge in [0.15, 0.2) is 17.5 Å². The Morgan fingerprint density at radius 1 is 0.134 bits per heavy atom. The van der Waals surface area contributed by atoms with Crippen molar-refractivity contribution in [3.63, 3.8) is 0 Å². The summed E-state index contributed by atoms with van der Waals surface area (Å²) in [6.07, 6.45) is 8.55. The lowest BCUT2D eigenvalue weighted by Crippen LogP contribution is -2.00. The third kappa shape index (κ3) is 25.1. The molecule has 694 valence electrons. The van der Waals surface area contributed by atoms with E-state index in [1.165, 1.54) is 87.4 Å². The summed E-state index contributed by atoms with van der Waals surface area (Å²) in [6.45, 7) is 20.0. The summed E-state index contributed by atoms with van der Waals surface area (Å²) in [5.74, 6) is 2.03. The molecule has 10 heteroatoms. The van der Waals surface area contributed by atoms with Gasteiger partial charge in [-0.1, -0.05) is 536 Å². The number of pyridine rings is 1. The van der Waals surface area contributed by atoms with Gasteiger partial charge in [0.25, 0.3) is 0 Å². The van der Waals surface area contributed by atoms with Gasteiger partial charge in [0.1, 0.15) is 12.7 Å². The first kappa shape index (κ1) is 100.